The van der Waals surface area contributed by atoms with Gasteiger partial charge in [0.15, 0.2) is 0 Å². The van der Waals surface area contributed by atoms with Gasteiger partial charge in [0.25, 0.3) is 0 Å². The minimum absolute atomic E-state index is 0.0930. The van der Waals surface area contributed by atoms with E-state index in [0.717, 1.165) is 65.2 Å². The van der Waals surface area contributed by atoms with Crippen LogP contribution in [0.2, 0.25) is 0 Å². The fraction of sp³-hybridized carbons (Fsp3) is 0.846. The Morgan fingerprint density at radius 2 is 0.823 bits per heavy atom. The van der Waals surface area contributed by atoms with E-state index in [-0.39, 0.29) is 25.2 Å². The smallest absolute Gasteiger partial charge is 0.307 e. The SMILES string of the molecule is CCCCCCCC/C=C\CCCCCCCC1=NCCN1CCNCCC(=O)OCCOC(=O)CCNCCN1CCN=C1CCCCCCC/C=C\CCCCCCCC. The summed E-state index contributed by atoms with van der Waals surface area (Å²) in [5.74, 6) is 1.95. The summed E-state index contributed by atoms with van der Waals surface area (Å²) < 4.78 is 10.6. The highest BCUT2D eigenvalue weighted by Crippen LogP contribution is 2.15. The first-order valence-corrected chi connectivity index (χ1v) is 26.2. The summed E-state index contributed by atoms with van der Waals surface area (Å²) >= 11 is 0. The van der Waals surface area contributed by atoms with Crippen LogP contribution in [0.4, 0.5) is 0 Å². The van der Waals surface area contributed by atoms with Crippen molar-refractivity contribution < 1.29 is 19.1 Å². The molecule has 0 bridgehead atoms. The van der Waals surface area contributed by atoms with Crippen molar-refractivity contribution in [3.63, 3.8) is 0 Å². The molecular weight excluding hydrogens is 773 g/mol. The highest BCUT2D eigenvalue weighted by atomic mass is 16.6. The monoisotopic (exact) mass is 869 g/mol. The first-order chi connectivity index (χ1) is 30.6. The number of hydrogen-bond donors (Lipinski definition) is 2. The zero-order valence-electron chi connectivity index (χ0n) is 40.4. The summed E-state index contributed by atoms with van der Waals surface area (Å²) in [6.07, 6.45) is 46.7. The van der Waals surface area contributed by atoms with Crippen molar-refractivity contribution in [3.05, 3.63) is 24.3 Å². The number of ether oxygens (including phenoxy) is 2. The molecule has 0 saturated carbocycles. The van der Waals surface area contributed by atoms with Gasteiger partial charge in [-0.3, -0.25) is 19.6 Å². The lowest BCUT2D eigenvalue weighted by atomic mass is 10.1. The third-order valence-electron chi connectivity index (χ3n) is 12.1. The number of nitrogens with one attached hydrogen (secondary N) is 2. The average molecular weight is 869 g/mol. The molecule has 0 aromatic carbocycles. The number of aliphatic imine (C=N–C) groups is 2. The molecule has 0 unspecified atom stereocenters. The molecule has 10 nitrogen and oxygen atoms in total. The Labute approximate surface area is 381 Å². The molecule has 0 saturated heterocycles. The molecule has 2 N–H and O–H groups in total. The van der Waals surface area contributed by atoms with Crippen molar-refractivity contribution in [3.8, 4) is 0 Å². The molecule has 0 aliphatic carbocycles. The maximum absolute atomic E-state index is 12.2. The lowest BCUT2D eigenvalue weighted by molar-refractivity contribution is -0.152. The van der Waals surface area contributed by atoms with Crippen LogP contribution in [0, 0.1) is 0 Å². The van der Waals surface area contributed by atoms with E-state index in [1.54, 1.807) is 0 Å². The van der Waals surface area contributed by atoms with Gasteiger partial charge in [-0.1, -0.05) is 141 Å². The third-order valence-corrected chi connectivity index (χ3v) is 12.1. The largest absolute Gasteiger partial charge is 0.462 e. The van der Waals surface area contributed by atoms with Gasteiger partial charge in [-0.15, -0.1) is 0 Å². The lowest BCUT2D eigenvalue weighted by Gasteiger charge is -2.20. The maximum atomic E-state index is 12.2. The summed E-state index contributed by atoms with van der Waals surface area (Å²) in [6, 6.07) is 0. The Bertz CT molecular complexity index is 1100. The molecule has 358 valence electrons. The molecule has 2 aliphatic heterocycles. The zero-order chi connectivity index (χ0) is 44.2. The van der Waals surface area contributed by atoms with Crippen LogP contribution < -0.4 is 10.6 Å². The van der Waals surface area contributed by atoms with Gasteiger partial charge in [-0.05, 0) is 64.2 Å². The van der Waals surface area contributed by atoms with Gasteiger partial charge in [0.1, 0.15) is 13.2 Å². The van der Waals surface area contributed by atoms with E-state index < -0.39 is 0 Å². The summed E-state index contributed by atoms with van der Waals surface area (Å²) in [5.41, 5.74) is 0. The molecule has 0 aromatic heterocycles. The molecule has 0 spiro atoms. The molecule has 0 fully saturated rings. The second-order valence-electron chi connectivity index (χ2n) is 17.7. The lowest BCUT2D eigenvalue weighted by Crippen LogP contribution is -2.35. The molecule has 62 heavy (non-hydrogen) atoms. The van der Waals surface area contributed by atoms with Crippen LogP contribution in [0.5, 0.6) is 0 Å². The van der Waals surface area contributed by atoms with Crippen LogP contribution in [0.25, 0.3) is 0 Å². The highest BCUT2D eigenvalue weighted by Gasteiger charge is 2.17. The number of unbranched alkanes of at least 4 members (excludes halogenated alkanes) is 22. The number of nitrogens with zero attached hydrogens (tertiary/aromatic N) is 4. The van der Waals surface area contributed by atoms with Crippen LogP contribution in [0.1, 0.15) is 206 Å². The first-order valence-electron chi connectivity index (χ1n) is 26.2. The van der Waals surface area contributed by atoms with Crippen LogP contribution >= 0.6 is 0 Å². The fourth-order valence-electron chi connectivity index (χ4n) is 8.24. The van der Waals surface area contributed by atoms with E-state index in [0.29, 0.717) is 25.9 Å². The normalized spacial score (nSPS) is 14.2. The van der Waals surface area contributed by atoms with Crippen molar-refractivity contribution in [1.82, 2.24) is 20.4 Å². The summed E-state index contributed by atoms with van der Waals surface area (Å²) in [5, 5.41) is 6.74. The molecule has 10 heteroatoms. The standard InChI is InChI=1S/C52H96N6O4/c1-3-5-7-9-11-13-15-17-19-21-23-25-27-29-31-33-49-55-41-45-57(49)43-39-53-37-35-51(59)61-47-48-62-52(60)36-38-54-40-44-58-46-42-56-50(58)34-32-30-28-26-24-22-20-18-16-14-12-10-8-6-4-2/h17-20,53-54H,3-16,21-48H2,1-2H3/b19-17-,20-18-. The number of hydrogen-bond acceptors (Lipinski definition) is 10. The maximum Gasteiger partial charge on any atom is 0.307 e. The zero-order valence-corrected chi connectivity index (χ0v) is 40.4. The van der Waals surface area contributed by atoms with Gasteiger partial charge in [0.2, 0.25) is 0 Å². The number of esters is 2. The van der Waals surface area contributed by atoms with E-state index in [4.69, 9.17) is 19.5 Å². The molecule has 2 rings (SSSR count). The molecule has 2 aliphatic rings. The highest BCUT2D eigenvalue weighted by molar-refractivity contribution is 5.84. The summed E-state index contributed by atoms with van der Waals surface area (Å²) in [4.78, 5) is 38.7. The Balaban J connectivity index is 1.33. The quantitative estimate of drug-likeness (QED) is 0.0354. The predicted molar refractivity (Wildman–Crippen MR) is 264 cm³/mol. The first kappa shape index (κ1) is 55.4. The predicted octanol–water partition coefficient (Wildman–Crippen LogP) is 11.5. The van der Waals surface area contributed by atoms with Gasteiger partial charge in [-0.25, -0.2) is 0 Å². The van der Waals surface area contributed by atoms with Crippen LogP contribution in [-0.4, -0.2) is 112 Å². The van der Waals surface area contributed by atoms with Crippen LogP contribution in [0.15, 0.2) is 34.3 Å². The van der Waals surface area contributed by atoms with E-state index in [9.17, 15) is 9.59 Å². The van der Waals surface area contributed by atoms with E-state index in [1.165, 1.54) is 179 Å². The van der Waals surface area contributed by atoms with Crippen molar-refractivity contribution in [2.45, 2.75) is 206 Å². The minimum atomic E-state index is -0.273. The van der Waals surface area contributed by atoms with Gasteiger partial charge >= 0.3 is 11.9 Å². The minimum Gasteiger partial charge on any atom is -0.462 e. The van der Waals surface area contributed by atoms with Crippen LogP contribution in [-0.2, 0) is 19.1 Å². The van der Waals surface area contributed by atoms with Gasteiger partial charge in [0, 0.05) is 65.2 Å². The number of carbonyl (C=O) groups is 2. The van der Waals surface area contributed by atoms with Gasteiger partial charge in [0.05, 0.1) is 37.6 Å². The Hall–Kier alpha value is -2.72. The Morgan fingerprint density at radius 3 is 1.19 bits per heavy atom. The average Bonchev–Trinajstić information content (AvgIpc) is 3.93. The summed E-state index contributed by atoms with van der Waals surface area (Å²) in [7, 11) is 0. The van der Waals surface area contributed by atoms with Crippen molar-refractivity contribution in [2.75, 3.05) is 78.7 Å². The van der Waals surface area contributed by atoms with E-state index >= 15 is 0 Å². The van der Waals surface area contributed by atoms with Crippen LogP contribution in [0.3, 0.4) is 0 Å². The molecule has 2 heterocycles. The Morgan fingerprint density at radius 1 is 0.484 bits per heavy atom. The van der Waals surface area contributed by atoms with E-state index in [1.807, 2.05) is 0 Å². The molecular formula is C52H96N6O4. The number of amidine groups is 2. The fourth-order valence-corrected chi connectivity index (χ4v) is 8.24. The third kappa shape index (κ3) is 32.9. The van der Waals surface area contributed by atoms with Crippen molar-refractivity contribution >= 4 is 23.6 Å². The topological polar surface area (TPSA) is 108 Å². The molecule has 0 amide bonds. The molecule has 0 aromatic rings. The van der Waals surface area contributed by atoms with E-state index in [2.05, 4.69) is 58.6 Å². The molecule has 0 radical (unpaired) electrons. The molecule has 0 atom stereocenters. The van der Waals surface area contributed by atoms with Crippen molar-refractivity contribution in [1.29, 1.82) is 0 Å². The number of allylic oxidation sites excluding steroid dienone is 4. The van der Waals surface area contributed by atoms with Gasteiger partial charge < -0.3 is 29.9 Å². The second kappa shape index (κ2) is 42.2. The second-order valence-corrected chi connectivity index (χ2v) is 17.7. The number of carbonyl (C=O) groups excluding carboxylic acids is 2. The number of rotatable bonds is 45. The Kier molecular flexibility index (Phi) is 37.8. The van der Waals surface area contributed by atoms with Crippen molar-refractivity contribution in [2.24, 2.45) is 9.98 Å². The summed E-state index contributed by atoms with van der Waals surface area (Å²) in [6.45, 7) is 13.1. The van der Waals surface area contributed by atoms with Gasteiger partial charge in [-0.2, -0.15) is 0 Å².